The lowest BCUT2D eigenvalue weighted by atomic mass is 10.0. The minimum Gasteiger partial charge on any atom is -0.506 e. The van der Waals surface area contributed by atoms with E-state index in [0.29, 0.717) is 22.7 Å². The van der Waals surface area contributed by atoms with Gasteiger partial charge >= 0.3 is 5.97 Å². The van der Waals surface area contributed by atoms with E-state index < -0.39 is 17.9 Å². The normalized spacial score (nSPS) is 11.4. The van der Waals surface area contributed by atoms with Crippen LogP contribution < -0.4 is 10.2 Å². The smallest absolute Gasteiger partial charge is 0.328 e. The molecule has 32 heavy (non-hydrogen) atoms. The highest BCUT2D eigenvalue weighted by Crippen LogP contribution is 2.38. The Hall–Kier alpha value is -1.99. The molecule has 2 aromatic carbocycles. The molecule has 1 atom stereocenters. The van der Waals surface area contributed by atoms with E-state index in [1.54, 1.807) is 37.3 Å². The number of hydrogen-bond donors (Lipinski definition) is 2. The van der Waals surface area contributed by atoms with Gasteiger partial charge in [-0.25, -0.2) is 4.79 Å². The van der Waals surface area contributed by atoms with Gasteiger partial charge in [0.25, 0.3) is 5.91 Å². The molecule has 0 saturated heterocycles. The highest BCUT2D eigenvalue weighted by atomic mass is 35.5. The molecule has 0 unspecified atom stereocenters. The number of phenolic OH excluding ortho intramolecular Hbond substituents is 1. The van der Waals surface area contributed by atoms with Crippen molar-refractivity contribution in [3.63, 3.8) is 0 Å². The van der Waals surface area contributed by atoms with Gasteiger partial charge in [0.2, 0.25) is 0 Å². The number of phenols is 1. The van der Waals surface area contributed by atoms with Gasteiger partial charge in [0.05, 0.1) is 17.7 Å². The molecule has 0 aliphatic heterocycles. The zero-order valence-corrected chi connectivity index (χ0v) is 20.7. The Bertz CT molecular complexity index is 910. The van der Waals surface area contributed by atoms with Gasteiger partial charge in [-0.1, -0.05) is 47.8 Å². The number of methoxy groups -OCH3 is 1. The van der Waals surface area contributed by atoms with E-state index in [0.717, 1.165) is 25.8 Å². The number of carbonyl (C=O) groups is 2. The molecule has 0 aliphatic rings. The predicted octanol–water partition coefficient (Wildman–Crippen LogP) is 5.26. The molecule has 2 N–H and O–H groups in total. The number of carbonyl (C=O) groups excluding carboxylic acids is 2. The fourth-order valence-electron chi connectivity index (χ4n) is 3.33. The van der Waals surface area contributed by atoms with Crippen LogP contribution in [0.4, 0.5) is 5.69 Å². The number of halogens is 3. The molecule has 0 heterocycles. The molecule has 0 aliphatic carbocycles. The summed E-state index contributed by atoms with van der Waals surface area (Å²) in [6.07, 6.45) is 3.44. The summed E-state index contributed by atoms with van der Waals surface area (Å²) >= 11 is 12.8. The minimum atomic E-state index is -0.927. The maximum absolute atomic E-state index is 13.4. The number of benzene rings is 2. The highest BCUT2D eigenvalue weighted by molar-refractivity contribution is 6.38. The van der Waals surface area contributed by atoms with E-state index in [9.17, 15) is 14.7 Å². The SMILES string of the molecule is CNCCCCCc1c(Cl)cc(C(=O)N(c2ccccc2)[C@@H](C)C(=O)OC)c(O)c1Cl.Cl. The van der Waals surface area contributed by atoms with Crippen LogP contribution in [0.5, 0.6) is 5.75 Å². The zero-order chi connectivity index (χ0) is 23.0. The number of unbranched alkanes of at least 4 members (excludes halogenated alkanes) is 2. The second-order valence-electron chi connectivity index (χ2n) is 7.17. The monoisotopic (exact) mass is 502 g/mol. The van der Waals surface area contributed by atoms with Gasteiger partial charge in [-0.15, -0.1) is 12.4 Å². The van der Waals surface area contributed by atoms with E-state index in [1.807, 2.05) is 7.05 Å². The first-order chi connectivity index (χ1) is 14.8. The molecule has 2 aromatic rings. The summed E-state index contributed by atoms with van der Waals surface area (Å²) < 4.78 is 4.82. The fraction of sp³-hybridized carbons (Fsp3) is 0.391. The Morgan fingerprint density at radius 3 is 2.41 bits per heavy atom. The van der Waals surface area contributed by atoms with Crippen molar-refractivity contribution in [1.29, 1.82) is 0 Å². The van der Waals surface area contributed by atoms with Crippen LogP contribution in [0.15, 0.2) is 36.4 Å². The van der Waals surface area contributed by atoms with E-state index in [2.05, 4.69) is 5.32 Å². The van der Waals surface area contributed by atoms with Crippen molar-refractivity contribution in [2.45, 2.75) is 38.6 Å². The van der Waals surface area contributed by atoms with E-state index in [-0.39, 0.29) is 28.7 Å². The Morgan fingerprint density at radius 1 is 1.16 bits per heavy atom. The number of nitrogens with one attached hydrogen (secondary N) is 1. The maximum atomic E-state index is 13.4. The minimum absolute atomic E-state index is 0. The van der Waals surface area contributed by atoms with Gasteiger partial charge in [-0.2, -0.15) is 0 Å². The van der Waals surface area contributed by atoms with Gasteiger partial charge in [-0.05, 0) is 63.5 Å². The summed E-state index contributed by atoms with van der Waals surface area (Å²) in [5.41, 5.74) is 1.01. The number of ether oxygens (including phenoxy) is 1. The summed E-state index contributed by atoms with van der Waals surface area (Å²) in [6, 6.07) is 9.16. The van der Waals surface area contributed by atoms with Crippen LogP contribution in [0.25, 0.3) is 0 Å². The number of para-hydroxylation sites is 1. The number of amides is 1. The first-order valence-corrected chi connectivity index (χ1v) is 10.9. The third kappa shape index (κ3) is 6.75. The van der Waals surface area contributed by atoms with Crippen molar-refractivity contribution >= 4 is 53.2 Å². The van der Waals surface area contributed by atoms with Gasteiger partial charge in [0.1, 0.15) is 11.8 Å². The van der Waals surface area contributed by atoms with Crippen LogP contribution in [-0.2, 0) is 16.0 Å². The molecule has 1 amide bonds. The van der Waals surface area contributed by atoms with Crippen LogP contribution in [0, 0.1) is 0 Å². The standard InChI is InChI=1S/C23H28Cl2N2O4.ClH/c1-15(23(30)31-3)27(16-10-6-4-7-11-16)22(29)18-14-19(24)17(20(25)21(18)28)12-8-5-9-13-26-2;/h4,6-7,10-11,14-15,26,28H,5,8-9,12-13H2,1-3H3;1H/t15-;/m0./s1. The molecule has 0 spiro atoms. The first-order valence-electron chi connectivity index (χ1n) is 10.1. The summed E-state index contributed by atoms with van der Waals surface area (Å²) in [7, 11) is 3.16. The number of nitrogens with zero attached hydrogens (tertiary/aromatic N) is 1. The summed E-state index contributed by atoms with van der Waals surface area (Å²) in [6.45, 7) is 2.48. The molecule has 2 rings (SSSR count). The number of rotatable bonds is 10. The average molecular weight is 504 g/mol. The van der Waals surface area contributed by atoms with Crippen LogP contribution >= 0.6 is 35.6 Å². The number of aromatic hydroxyl groups is 1. The Balaban J connectivity index is 0.00000512. The topological polar surface area (TPSA) is 78.9 Å². The van der Waals surface area contributed by atoms with Gasteiger partial charge < -0.3 is 15.2 Å². The lowest BCUT2D eigenvalue weighted by Crippen LogP contribution is -2.44. The molecule has 9 heteroatoms. The van der Waals surface area contributed by atoms with Crippen LogP contribution in [0.1, 0.15) is 42.1 Å². The van der Waals surface area contributed by atoms with Crippen LogP contribution in [0.3, 0.4) is 0 Å². The summed E-state index contributed by atoms with van der Waals surface area (Å²) in [5, 5.41) is 14.2. The Kier molecular flexibility index (Phi) is 11.9. The molecule has 6 nitrogen and oxygen atoms in total. The zero-order valence-electron chi connectivity index (χ0n) is 18.4. The van der Waals surface area contributed by atoms with E-state index in [1.165, 1.54) is 18.1 Å². The summed E-state index contributed by atoms with van der Waals surface area (Å²) in [4.78, 5) is 26.9. The van der Waals surface area contributed by atoms with Gasteiger partial charge in [0, 0.05) is 10.7 Å². The average Bonchev–Trinajstić information content (AvgIpc) is 2.78. The summed E-state index contributed by atoms with van der Waals surface area (Å²) in [5.74, 6) is -1.54. The molecule has 0 fully saturated rings. The van der Waals surface area contributed by atoms with Crippen molar-refractivity contribution in [3.05, 3.63) is 57.6 Å². The highest BCUT2D eigenvalue weighted by Gasteiger charge is 2.31. The van der Waals surface area contributed by atoms with Crippen molar-refractivity contribution < 1.29 is 19.4 Å². The maximum Gasteiger partial charge on any atom is 0.328 e. The number of anilines is 1. The largest absolute Gasteiger partial charge is 0.506 e. The lowest BCUT2D eigenvalue weighted by Gasteiger charge is -2.28. The second-order valence-corrected chi connectivity index (χ2v) is 7.96. The van der Waals surface area contributed by atoms with Gasteiger partial charge in [0.15, 0.2) is 0 Å². The quantitative estimate of drug-likeness (QED) is 0.341. The molecule has 0 bridgehead atoms. The van der Waals surface area contributed by atoms with Crippen LogP contribution in [-0.4, -0.2) is 43.7 Å². The molecule has 176 valence electrons. The molecular weight excluding hydrogens is 475 g/mol. The van der Waals surface area contributed by atoms with Crippen molar-refractivity contribution in [3.8, 4) is 5.75 Å². The van der Waals surface area contributed by atoms with Crippen molar-refractivity contribution in [2.24, 2.45) is 0 Å². The van der Waals surface area contributed by atoms with Crippen molar-refractivity contribution in [2.75, 3.05) is 25.6 Å². The third-order valence-corrected chi connectivity index (χ3v) is 5.80. The fourth-order valence-corrected chi connectivity index (χ4v) is 3.98. The third-order valence-electron chi connectivity index (χ3n) is 5.05. The van der Waals surface area contributed by atoms with E-state index >= 15 is 0 Å². The van der Waals surface area contributed by atoms with Crippen molar-refractivity contribution in [1.82, 2.24) is 5.32 Å². The molecule has 0 aromatic heterocycles. The van der Waals surface area contributed by atoms with Gasteiger partial charge in [-0.3, -0.25) is 9.69 Å². The lowest BCUT2D eigenvalue weighted by molar-refractivity contribution is -0.141. The number of esters is 1. The molecule has 0 radical (unpaired) electrons. The first kappa shape index (κ1) is 28.0. The Labute approximate surface area is 205 Å². The Morgan fingerprint density at radius 2 is 1.81 bits per heavy atom. The predicted molar refractivity (Wildman–Crippen MR) is 132 cm³/mol. The number of hydrogen-bond acceptors (Lipinski definition) is 5. The second kappa shape index (κ2) is 13.5. The van der Waals surface area contributed by atoms with Crippen LogP contribution in [0.2, 0.25) is 10.0 Å². The molecule has 0 saturated carbocycles. The molecular formula is C23H29Cl3N2O4. The van der Waals surface area contributed by atoms with E-state index in [4.69, 9.17) is 27.9 Å².